The molecule has 0 fully saturated rings. The number of hydroxylamine groups is 1. The molecule has 0 radical (unpaired) electrons. The van der Waals surface area contributed by atoms with E-state index in [0.717, 1.165) is 0 Å². The maximum Gasteiger partial charge on any atom is 0.293 e. The Morgan fingerprint density at radius 2 is 2.03 bits per heavy atom. The number of alkyl halides is 2. The summed E-state index contributed by atoms with van der Waals surface area (Å²) in [7, 11) is 1.24. The van der Waals surface area contributed by atoms with Crippen molar-refractivity contribution in [2.75, 3.05) is 18.6 Å². The molecule has 154 valence electrons. The van der Waals surface area contributed by atoms with E-state index in [2.05, 4.69) is 15.3 Å². The lowest BCUT2D eigenvalue weighted by Gasteiger charge is -2.27. The van der Waals surface area contributed by atoms with E-state index in [0.29, 0.717) is 11.3 Å². The van der Waals surface area contributed by atoms with Crippen LogP contribution in [0, 0.1) is 5.82 Å². The third-order valence-corrected chi connectivity index (χ3v) is 4.89. The maximum atomic E-state index is 13.4. The summed E-state index contributed by atoms with van der Waals surface area (Å²) >= 11 is 0. The minimum atomic E-state index is -2.80. The molecular formula is C19H19F3N4O3. The molecule has 1 aromatic heterocycles. The molecule has 0 bridgehead atoms. The summed E-state index contributed by atoms with van der Waals surface area (Å²) in [5, 5.41) is 0. The van der Waals surface area contributed by atoms with E-state index in [-0.39, 0.29) is 24.3 Å². The Labute approximate surface area is 164 Å². The number of nitrogens with zero attached hydrogens (tertiary/aromatic N) is 2. The number of benzene rings is 1. The second-order valence-corrected chi connectivity index (χ2v) is 6.75. The molecule has 0 spiro atoms. The molecule has 1 atom stereocenters. The monoisotopic (exact) mass is 408 g/mol. The quantitative estimate of drug-likeness (QED) is 0.682. The number of carbonyl (C=O) groups is 2. The third kappa shape index (κ3) is 4.02. The fourth-order valence-electron chi connectivity index (χ4n) is 3.55. The van der Waals surface area contributed by atoms with Crippen molar-refractivity contribution in [3.63, 3.8) is 0 Å². The molecule has 29 heavy (non-hydrogen) atoms. The number of hydrogen-bond acceptors (Lipinski definition) is 5. The highest BCUT2D eigenvalue weighted by Crippen LogP contribution is 2.44. The van der Waals surface area contributed by atoms with Crippen LogP contribution in [0.2, 0.25) is 0 Å². The molecule has 0 aliphatic carbocycles. The van der Waals surface area contributed by atoms with Gasteiger partial charge in [0, 0.05) is 19.5 Å². The van der Waals surface area contributed by atoms with E-state index in [4.69, 9.17) is 5.73 Å². The Morgan fingerprint density at radius 3 is 2.62 bits per heavy atom. The van der Waals surface area contributed by atoms with Crippen molar-refractivity contribution in [1.29, 1.82) is 0 Å². The fraction of sp³-hybridized carbons (Fsp3) is 0.316. The zero-order valence-corrected chi connectivity index (χ0v) is 15.5. The number of pyridine rings is 1. The van der Waals surface area contributed by atoms with Crippen LogP contribution in [-0.2, 0) is 21.6 Å². The van der Waals surface area contributed by atoms with Crippen LogP contribution in [0.4, 0.5) is 18.9 Å². The van der Waals surface area contributed by atoms with Crippen molar-refractivity contribution < 1.29 is 27.6 Å². The first-order valence-corrected chi connectivity index (χ1v) is 8.68. The van der Waals surface area contributed by atoms with E-state index in [1.165, 1.54) is 31.5 Å². The average molecular weight is 408 g/mol. The molecule has 1 aliphatic heterocycles. The van der Waals surface area contributed by atoms with Gasteiger partial charge < -0.3 is 10.6 Å². The number of primary amides is 1. The topological polar surface area (TPSA) is 97.6 Å². The molecule has 0 saturated heterocycles. The highest BCUT2D eigenvalue weighted by atomic mass is 19.3. The van der Waals surface area contributed by atoms with Gasteiger partial charge in [-0.2, -0.15) is 0 Å². The smallest absolute Gasteiger partial charge is 0.293 e. The summed E-state index contributed by atoms with van der Waals surface area (Å²) < 4.78 is 39.9. The van der Waals surface area contributed by atoms with Gasteiger partial charge in [0.25, 0.3) is 5.91 Å². The summed E-state index contributed by atoms with van der Waals surface area (Å²) in [6, 6.07) is 6.95. The first kappa shape index (κ1) is 20.6. The Kier molecular flexibility index (Phi) is 5.73. The van der Waals surface area contributed by atoms with E-state index < -0.39 is 35.9 Å². The van der Waals surface area contributed by atoms with Gasteiger partial charge in [0.15, 0.2) is 0 Å². The zero-order chi connectivity index (χ0) is 21.2. The second-order valence-electron chi connectivity index (χ2n) is 6.75. The van der Waals surface area contributed by atoms with Crippen LogP contribution in [0.1, 0.15) is 28.0 Å². The number of hydrogen-bond donors (Lipinski definition) is 2. The molecule has 2 heterocycles. The minimum absolute atomic E-state index is 0.103. The summed E-state index contributed by atoms with van der Waals surface area (Å²) in [5.41, 5.74) is 7.16. The largest absolute Gasteiger partial charge is 0.369 e. The summed E-state index contributed by atoms with van der Waals surface area (Å²) in [6.07, 6.45) is -2.27. The summed E-state index contributed by atoms with van der Waals surface area (Å²) in [5.74, 6) is -2.03. The van der Waals surface area contributed by atoms with Crippen LogP contribution < -0.4 is 16.1 Å². The van der Waals surface area contributed by atoms with Gasteiger partial charge in [-0.1, -0.05) is 12.1 Å². The van der Waals surface area contributed by atoms with E-state index in [9.17, 15) is 22.8 Å². The predicted molar refractivity (Wildman–Crippen MR) is 97.7 cm³/mol. The van der Waals surface area contributed by atoms with Gasteiger partial charge in [-0.3, -0.25) is 14.4 Å². The molecule has 1 aliphatic rings. The lowest BCUT2D eigenvalue weighted by Crippen LogP contribution is -2.46. The number of fused-ring (bicyclic) bond motifs is 1. The van der Waals surface area contributed by atoms with Crippen molar-refractivity contribution in [1.82, 2.24) is 10.5 Å². The molecule has 3 N–H and O–H groups in total. The number of amides is 2. The SMILES string of the molecule is CONC(=O)c1cc2c(cn1)N(Cc1ccc(F)cc1)CC2(CC(F)F)C(N)=O. The molecule has 10 heteroatoms. The average Bonchev–Trinajstić information content (AvgIpc) is 2.97. The standard InChI is InChI=1S/C19H19F3N4O3/c1-29-25-17(27)14-6-13-15(8-24-14)26(9-11-2-4-12(20)5-3-11)10-19(13,18(23)28)7-16(21)22/h2-6,8,16H,7,9-10H2,1H3,(H2,23,28)(H,25,27). The maximum absolute atomic E-state index is 13.4. The molecule has 7 nitrogen and oxygen atoms in total. The van der Waals surface area contributed by atoms with Crippen molar-refractivity contribution >= 4 is 17.5 Å². The van der Waals surface area contributed by atoms with Crippen LogP contribution in [0.3, 0.4) is 0 Å². The van der Waals surface area contributed by atoms with Crippen molar-refractivity contribution in [3.05, 3.63) is 59.2 Å². The van der Waals surface area contributed by atoms with Gasteiger partial charge in [0.1, 0.15) is 11.5 Å². The van der Waals surface area contributed by atoms with Crippen LogP contribution >= 0.6 is 0 Å². The molecule has 1 aromatic carbocycles. The van der Waals surface area contributed by atoms with Gasteiger partial charge >= 0.3 is 0 Å². The van der Waals surface area contributed by atoms with E-state index in [1.807, 2.05) is 0 Å². The molecular weight excluding hydrogens is 389 g/mol. The Balaban J connectivity index is 2.06. The van der Waals surface area contributed by atoms with Gasteiger partial charge in [0.2, 0.25) is 12.3 Å². The van der Waals surface area contributed by atoms with Gasteiger partial charge in [-0.05, 0) is 29.3 Å². The van der Waals surface area contributed by atoms with E-state index in [1.54, 1.807) is 17.0 Å². The van der Waals surface area contributed by atoms with Gasteiger partial charge in [-0.15, -0.1) is 0 Å². The number of rotatable bonds is 7. The lowest BCUT2D eigenvalue weighted by molar-refractivity contribution is -0.124. The van der Waals surface area contributed by atoms with Crippen LogP contribution in [0.5, 0.6) is 0 Å². The number of carbonyl (C=O) groups excluding carboxylic acids is 2. The Bertz CT molecular complexity index is 923. The normalized spacial score (nSPS) is 18.0. The van der Waals surface area contributed by atoms with Gasteiger partial charge in [-0.25, -0.2) is 23.6 Å². The summed E-state index contributed by atoms with van der Waals surface area (Å²) in [6.45, 7) is 0.104. The summed E-state index contributed by atoms with van der Waals surface area (Å²) in [4.78, 5) is 34.7. The van der Waals surface area contributed by atoms with Crippen molar-refractivity contribution in [2.24, 2.45) is 5.73 Å². The number of halogens is 3. The van der Waals surface area contributed by atoms with Crippen molar-refractivity contribution in [2.45, 2.75) is 24.8 Å². The first-order valence-electron chi connectivity index (χ1n) is 8.68. The molecule has 2 aromatic rings. The molecule has 1 unspecified atom stereocenters. The second kappa shape index (κ2) is 8.08. The number of aromatic nitrogens is 1. The highest BCUT2D eigenvalue weighted by Gasteiger charge is 2.49. The van der Waals surface area contributed by atoms with Crippen LogP contribution in [-0.4, -0.2) is 36.9 Å². The zero-order valence-electron chi connectivity index (χ0n) is 15.5. The first-order chi connectivity index (χ1) is 13.8. The fourth-order valence-corrected chi connectivity index (χ4v) is 3.55. The highest BCUT2D eigenvalue weighted by molar-refractivity contribution is 5.96. The number of nitrogens with two attached hydrogens (primary N) is 1. The van der Waals surface area contributed by atoms with Crippen LogP contribution in [0.15, 0.2) is 36.5 Å². The Morgan fingerprint density at radius 1 is 1.34 bits per heavy atom. The molecule has 3 rings (SSSR count). The van der Waals surface area contributed by atoms with E-state index >= 15 is 0 Å². The number of nitrogens with one attached hydrogen (secondary N) is 1. The Hall–Kier alpha value is -3.14. The lowest BCUT2D eigenvalue weighted by atomic mass is 9.78. The third-order valence-electron chi connectivity index (χ3n) is 4.89. The van der Waals surface area contributed by atoms with Crippen LogP contribution in [0.25, 0.3) is 0 Å². The number of anilines is 1. The van der Waals surface area contributed by atoms with Gasteiger partial charge in [0.05, 0.1) is 24.4 Å². The predicted octanol–water partition coefficient (Wildman–Crippen LogP) is 1.91. The molecule has 0 saturated carbocycles. The minimum Gasteiger partial charge on any atom is -0.369 e. The molecule has 2 amide bonds. The van der Waals surface area contributed by atoms with Crippen molar-refractivity contribution in [3.8, 4) is 0 Å².